The predicted molar refractivity (Wildman–Crippen MR) is 176 cm³/mol. The first-order valence-electron chi connectivity index (χ1n) is 15.2. The van der Waals surface area contributed by atoms with E-state index in [4.69, 9.17) is 30.5 Å². The van der Waals surface area contributed by atoms with Crippen molar-refractivity contribution in [3.63, 3.8) is 0 Å². The number of para-hydroxylation sites is 1. The fraction of sp³-hybridized carbons (Fsp3) is 0.400. The Morgan fingerprint density at radius 2 is 1.79 bits per heavy atom. The number of carboxylic acid groups (broad SMARTS) is 1. The Labute approximate surface area is 279 Å². The van der Waals surface area contributed by atoms with Gasteiger partial charge in [-0.15, -0.1) is 0 Å². The minimum Gasteiger partial charge on any atom is -0.493 e. The van der Waals surface area contributed by atoms with Crippen LogP contribution >= 0.6 is 11.6 Å². The number of fused-ring (bicyclic) bond motifs is 1. The zero-order chi connectivity index (χ0) is 34.1. The van der Waals surface area contributed by atoms with E-state index in [1.807, 2.05) is 13.8 Å². The van der Waals surface area contributed by atoms with Gasteiger partial charge in [-0.3, -0.25) is 9.59 Å². The number of halogens is 1. The number of ether oxygens (including phenoxy) is 4. The van der Waals surface area contributed by atoms with Crippen LogP contribution in [0.2, 0.25) is 5.02 Å². The first-order chi connectivity index (χ1) is 22.5. The Kier molecular flexibility index (Phi) is 12.2. The molecule has 0 spiro atoms. The number of anilines is 1. The van der Waals surface area contributed by atoms with Crippen LogP contribution in [0.4, 0.5) is 5.69 Å². The smallest absolute Gasteiger partial charge is 0.337 e. The van der Waals surface area contributed by atoms with Crippen molar-refractivity contribution in [1.82, 2.24) is 5.32 Å². The number of carbonyl (C=O) groups excluding carboxylic acids is 2. The molecule has 3 aromatic rings. The number of hydrogen-bond donors (Lipinski definition) is 3. The van der Waals surface area contributed by atoms with E-state index in [2.05, 4.69) is 5.32 Å². The summed E-state index contributed by atoms with van der Waals surface area (Å²) in [6.07, 6.45) is -3.19. The molecule has 0 radical (unpaired) electrons. The minimum atomic E-state index is -1.22. The number of hydrogen-bond acceptors (Lipinski definition) is 8. The maximum atomic E-state index is 14.2. The summed E-state index contributed by atoms with van der Waals surface area (Å²) in [6.45, 7) is 3.90. The zero-order valence-corrected chi connectivity index (χ0v) is 27.7. The number of aliphatic hydroxyl groups is 1. The Balaban J connectivity index is 1.57. The molecule has 3 N–H and O–H groups in total. The first-order valence-corrected chi connectivity index (χ1v) is 15.6. The summed E-state index contributed by atoms with van der Waals surface area (Å²) in [4.78, 5) is 40.7. The van der Waals surface area contributed by atoms with Gasteiger partial charge in [-0.2, -0.15) is 0 Å². The standard InChI is InChI=1S/C35H41ClN2O9/c1-35(2,21-39)20-38-26-15-14-23(36)18-25(26)31(24-12-8-13-27(44-3)32(24)45-4)47-28(33(38)41)19-29(40)37-16-9-17-46-30(34(42)43)22-10-6-5-7-11-22/h5-8,10-15,18,28,30-31,39H,9,16-17,19-21H2,1-4H3,(H,37,40)(H,42,43)/t28-,30?,31-/m1/s1. The van der Waals surface area contributed by atoms with Gasteiger partial charge in [0.2, 0.25) is 5.91 Å². The van der Waals surface area contributed by atoms with Crippen molar-refractivity contribution in [3.05, 3.63) is 88.4 Å². The lowest BCUT2D eigenvalue weighted by atomic mass is 9.92. The average Bonchev–Trinajstić information content (AvgIpc) is 3.16. The van der Waals surface area contributed by atoms with Crippen LogP contribution < -0.4 is 19.7 Å². The van der Waals surface area contributed by atoms with Crippen molar-refractivity contribution < 1.29 is 43.5 Å². The van der Waals surface area contributed by atoms with Crippen LogP contribution in [0.1, 0.15) is 55.6 Å². The molecule has 3 atom stereocenters. The minimum absolute atomic E-state index is 0.0861. The van der Waals surface area contributed by atoms with Crippen LogP contribution in [0.3, 0.4) is 0 Å². The molecule has 12 heteroatoms. The Hall–Kier alpha value is -4.16. The van der Waals surface area contributed by atoms with E-state index in [1.54, 1.807) is 66.7 Å². The number of carbonyl (C=O) groups is 3. The van der Waals surface area contributed by atoms with Crippen LogP contribution in [0.25, 0.3) is 0 Å². The van der Waals surface area contributed by atoms with Gasteiger partial charge < -0.3 is 39.4 Å². The van der Waals surface area contributed by atoms with E-state index < -0.39 is 41.5 Å². The molecule has 2 amide bonds. The number of aliphatic carboxylic acids is 1. The van der Waals surface area contributed by atoms with E-state index in [9.17, 15) is 24.6 Å². The molecule has 252 valence electrons. The zero-order valence-electron chi connectivity index (χ0n) is 26.9. The van der Waals surface area contributed by atoms with E-state index in [0.717, 1.165) is 0 Å². The van der Waals surface area contributed by atoms with Gasteiger partial charge >= 0.3 is 5.97 Å². The molecule has 47 heavy (non-hydrogen) atoms. The SMILES string of the molecule is COc1cccc([C@H]2O[C@H](CC(=O)NCCCOC(C(=O)O)c3ccccc3)C(=O)N(CC(C)(C)CO)c3ccc(Cl)cc32)c1OC. The average molecular weight is 669 g/mol. The van der Waals surface area contributed by atoms with Crippen molar-refractivity contribution >= 4 is 35.1 Å². The van der Waals surface area contributed by atoms with Crippen molar-refractivity contribution in [2.45, 2.75) is 45.0 Å². The third-order valence-corrected chi connectivity index (χ3v) is 8.00. The van der Waals surface area contributed by atoms with E-state index in [-0.39, 0.29) is 32.7 Å². The highest BCUT2D eigenvalue weighted by atomic mass is 35.5. The molecule has 0 saturated heterocycles. The summed E-state index contributed by atoms with van der Waals surface area (Å²) >= 11 is 6.47. The fourth-order valence-corrected chi connectivity index (χ4v) is 5.57. The monoisotopic (exact) mass is 668 g/mol. The highest BCUT2D eigenvalue weighted by Gasteiger charge is 2.40. The van der Waals surface area contributed by atoms with Crippen molar-refractivity contribution in [1.29, 1.82) is 0 Å². The van der Waals surface area contributed by atoms with Crippen LogP contribution in [0.5, 0.6) is 11.5 Å². The van der Waals surface area contributed by atoms with E-state index >= 15 is 0 Å². The quantitative estimate of drug-likeness (QED) is 0.192. The molecule has 0 fully saturated rings. The van der Waals surface area contributed by atoms with Gasteiger partial charge in [0.1, 0.15) is 12.2 Å². The second kappa shape index (κ2) is 16.1. The number of carboxylic acids is 1. The summed E-state index contributed by atoms with van der Waals surface area (Å²) in [6, 6.07) is 19.1. The van der Waals surface area contributed by atoms with Gasteiger partial charge in [-0.05, 0) is 36.2 Å². The molecule has 1 heterocycles. The third-order valence-electron chi connectivity index (χ3n) is 7.76. The number of benzene rings is 3. The lowest BCUT2D eigenvalue weighted by Gasteiger charge is -2.32. The molecule has 11 nitrogen and oxygen atoms in total. The number of aliphatic hydroxyl groups excluding tert-OH is 1. The van der Waals surface area contributed by atoms with Crippen molar-refractivity contribution in [2.75, 3.05) is 45.4 Å². The number of methoxy groups -OCH3 is 2. The van der Waals surface area contributed by atoms with Crippen LogP contribution in [-0.4, -0.2) is 74.6 Å². The molecule has 0 aromatic heterocycles. The molecule has 3 aromatic carbocycles. The van der Waals surface area contributed by atoms with Gasteiger partial charge in [0.25, 0.3) is 5.91 Å². The predicted octanol–water partition coefficient (Wildman–Crippen LogP) is 4.94. The highest BCUT2D eigenvalue weighted by molar-refractivity contribution is 6.30. The molecule has 1 unspecified atom stereocenters. The van der Waals surface area contributed by atoms with Gasteiger partial charge in [0.05, 0.1) is 20.6 Å². The molecular weight excluding hydrogens is 628 g/mol. The summed E-state index contributed by atoms with van der Waals surface area (Å²) in [5.74, 6) is -1.14. The van der Waals surface area contributed by atoms with Gasteiger partial charge in [-0.25, -0.2) is 4.79 Å². The third kappa shape index (κ3) is 8.81. The molecule has 4 rings (SSSR count). The molecular formula is C35H41ClN2O9. The van der Waals surface area contributed by atoms with Crippen LogP contribution in [-0.2, 0) is 23.9 Å². The number of amides is 2. The molecule has 0 saturated carbocycles. The normalized spacial score (nSPS) is 17.0. The summed E-state index contributed by atoms with van der Waals surface area (Å²) in [5, 5.41) is 22.9. The largest absolute Gasteiger partial charge is 0.493 e. The van der Waals surface area contributed by atoms with Crippen molar-refractivity contribution in [2.24, 2.45) is 5.41 Å². The Morgan fingerprint density at radius 3 is 2.45 bits per heavy atom. The number of rotatable bonds is 15. The second-order valence-corrected chi connectivity index (χ2v) is 12.4. The maximum Gasteiger partial charge on any atom is 0.337 e. The summed E-state index contributed by atoms with van der Waals surface area (Å²) < 4.78 is 23.3. The molecule has 0 bridgehead atoms. The molecule has 0 aliphatic carbocycles. The summed E-state index contributed by atoms with van der Waals surface area (Å²) in [7, 11) is 3.02. The van der Waals surface area contributed by atoms with Crippen LogP contribution in [0, 0.1) is 5.41 Å². The van der Waals surface area contributed by atoms with Gasteiger partial charge in [0, 0.05) is 53.6 Å². The highest BCUT2D eigenvalue weighted by Crippen LogP contribution is 2.45. The van der Waals surface area contributed by atoms with Gasteiger partial charge in [-0.1, -0.05) is 67.9 Å². The van der Waals surface area contributed by atoms with Crippen LogP contribution in [0.15, 0.2) is 66.7 Å². The number of nitrogens with one attached hydrogen (secondary N) is 1. The van der Waals surface area contributed by atoms with E-state index in [1.165, 1.54) is 19.1 Å². The maximum absolute atomic E-state index is 14.2. The Bertz CT molecular complexity index is 1550. The van der Waals surface area contributed by atoms with Gasteiger partial charge in [0.15, 0.2) is 17.6 Å². The Morgan fingerprint density at radius 1 is 1.04 bits per heavy atom. The van der Waals surface area contributed by atoms with Crippen molar-refractivity contribution in [3.8, 4) is 11.5 Å². The second-order valence-electron chi connectivity index (χ2n) is 11.9. The lowest BCUT2D eigenvalue weighted by Crippen LogP contribution is -2.46. The molecule has 1 aliphatic rings. The van der Waals surface area contributed by atoms with E-state index in [0.29, 0.717) is 45.3 Å². The lowest BCUT2D eigenvalue weighted by molar-refractivity contribution is -0.151. The summed E-state index contributed by atoms with van der Waals surface area (Å²) in [5.41, 5.74) is 1.52. The topological polar surface area (TPSA) is 144 Å². The fourth-order valence-electron chi connectivity index (χ4n) is 5.38. The first kappa shape index (κ1) is 35.7. The molecule has 1 aliphatic heterocycles. The number of nitrogens with zero attached hydrogens (tertiary/aromatic N) is 1.